The number of benzene rings is 6. The Kier molecular flexibility index (Phi) is 1.78. The molecule has 2 aromatic heterocycles. The molecule has 8 aromatic rings. The molecule has 0 aliphatic carbocycles. The number of aromatic nitrogens is 2. The third-order valence-electron chi connectivity index (χ3n) is 6.04. The first-order valence-electron chi connectivity index (χ1n) is 23.1. The van der Waals surface area contributed by atoms with Crippen molar-refractivity contribution in [2.45, 2.75) is 0 Å². The Hall–Kier alpha value is -5.08. The molecule has 0 spiro atoms. The third-order valence-corrected chi connectivity index (χ3v) is 6.04. The van der Waals surface area contributed by atoms with Crippen LogP contribution in [0.4, 0.5) is 0 Å². The Morgan fingerprint density at radius 3 is 1.47 bits per heavy atom. The van der Waals surface area contributed by atoms with E-state index in [2.05, 4.69) is 0 Å². The van der Waals surface area contributed by atoms with E-state index in [9.17, 15) is 4.11 Å². The van der Waals surface area contributed by atoms with E-state index in [0.29, 0.717) is 0 Å². The Balaban J connectivity index is 1.74. The van der Waals surface area contributed by atoms with Crippen LogP contribution in [0.1, 0.15) is 32.9 Å². The lowest BCUT2D eigenvalue weighted by Crippen LogP contribution is -2.00. The van der Waals surface area contributed by atoms with E-state index in [-0.39, 0.29) is 0 Å². The molecule has 0 unspecified atom stereocenters. The minimum Gasteiger partial charge on any atom is -0.307 e. The van der Waals surface area contributed by atoms with Crippen LogP contribution in [-0.2, 0) is 0 Å². The monoisotopic (exact) mass is 508 g/mol. The first-order chi connectivity index (χ1) is 28.9. The summed E-state index contributed by atoms with van der Waals surface area (Å²) in [6.07, 6.45) is 0. The van der Waals surface area contributed by atoms with Crippen LogP contribution in [0.2, 0.25) is 0 Å². The maximum Gasteiger partial charge on any atom is 0.0782 e. The Bertz CT molecular complexity index is 3320. The van der Waals surface area contributed by atoms with Crippen molar-refractivity contribution in [2.75, 3.05) is 0 Å². The molecule has 0 amide bonds. The standard InChI is InChI=1S/C36H24N2/c1-2-11-25(12-3-1)26-21-23-27(24-22-26)37-32-17-7-6-15-30(32)31-16-10-20-35(36(31)37)38-33-18-8-4-13-28(33)29-14-5-9-19-34(29)38/h1-24H/i1D,2D,3D,4D,5D,6D,7D,8D,9D,10D,11D,12D,13D,14D,15D,16D,17D,18D,19D,20D,21D,22D,23D,24D. The molecule has 0 radical (unpaired) electrons. The molecular formula is C36H24N2. The van der Waals surface area contributed by atoms with E-state index in [1.807, 2.05) is 0 Å². The summed E-state index contributed by atoms with van der Waals surface area (Å²) in [4.78, 5) is 0. The average molecular weight is 509 g/mol. The number of nitrogens with zero attached hydrogens (tertiary/aromatic N) is 2. The summed E-state index contributed by atoms with van der Waals surface area (Å²) >= 11 is 0. The van der Waals surface area contributed by atoms with E-state index >= 15 is 0 Å². The molecule has 6 aromatic carbocycles. The van der Waals surface area contributed by atoms with Gasteiger partial charge in [-0.2, -0.15) is 0 Å². The van der Waals surface area contributed by atoms with Crippen molar-refractivity contribution < 1.29 is 32.9 Å². The Labute approximate surface area is 254 Å². The van der Waals surface area contributed by atoms with Gasteiger partial charge in [0, 0.05) is 27.2 Å². The molecule has 0 N–H and O–H groups in total. The van der Waals surface area contributed by atoms with Gasteiger partial charge in [0.2, 0.25) is 0 Å². The van der Waals surface area contributed by atoms with Crippen molar-refractivity contribution in [1.82, 2.24) is 9.13 Å². The summed E-state index contributed by atoms with van der Waals surface area (Å²) in [5, 5.41) is -2.04. The largest absolute Gasteiger partial charge is 0.307 e. The zero-order valence-corrected chi connectivity index (χ0v) is 18.9. The van der Waals surface area contributed by atoms with Gasteiger partial charge in [-0.25, -0.2) is 0 Å². The normalized spacial score (nSPS) is 20.5. The van der Waals surface area contributed by atoms with Crippen LogP contribution < -0.4 is 0 Å². The van der Waals surface area contributed by atoms with E-state index in [1.165, 1.54) is 0 Å². The highest BCUT2D eigenvalue weighted by Crippen LogP contribution is 2.39. The van der Waals surface area contributed by atoms with Crippen LogP contribution in [0, 0.1) is 0 Å². The summed E-state index contributed by atoms with van der Waals surface area (Å²) in [6, 6.07) is -21.2. The van der Waals surface area contributed by atoms with Gasteiger partial charge in [0.05, 0.1) is 60.7 Å². The molecule has 0 aliphatic heterocycles. The number of rotatable bonds is 3. The number of fused-ring (bicyclic) bond motifs is 6. The van der Waals surface area contributed by atoms with Crippen LogP contribution in [0.25, 0.3) is 66.1 Å². The average Bonchev–Trinajstić information content (AvgIpc) is 3.78. The predicted octanol–water partition coefficient (Wildman–Crippen LogP) is 9.55. The summed E-state index contributed by atoms with van der Waals surface area (Å²) in [7, 11) is 0. The second-order valence-corrected chi connectivity index (χ2v) is 8.01. The van der Waals surface area contributed by atoms with Crippen molar-refractivity contribution in [2.24, 2.45) is 0 Å². The third kappa shape index (κ3) is 3.01. The SMILES string of the molecule is [2H]c1c([2H])c([2H])c(-c2c([2H])c([2H])c(-n3c4c([2H])c([2H])c([2H])c([2H])c4c4c([2H])c([2H])c([2H])c(-n5c6c([2H])c([2H])c([2H])c([2H])c6c6c([2H])c([2H])c([2H])c([2H])c65)c43)c([2H])c2[2H])c([2H])c1[2H]. The molecule has 0 saturated carbocycles. The second-order valence-electron chi connectivity index (χ2n) is 8.01. The van der Waals surface area contributed by atoms with Crippen molar-refractivity contribution >= 4 is 43.6 Å². The lowest BCUT2D eigenvalue weighted by molar-refractivity contribution is 1.13. The van der Waals surface area contributed by atoms with Crippen LogP contribution in [-0.4, -0.2) is 9.13 Å². The van der Waals surface area contributed by atoms with E-state index in [4.69, 9.17) is 28.8 Å². The van der Waals surface area contributed by atoms with Crippen molar-refractivity contribution in [3.8, 4) is 22.5 Å². The van der Waals surface area contributed by atoms with Gasteiger partial charge in [-0.15, -0.1) is 0 Å². The van der Waals surface area contributed by atoms with Crippen molar-refractivity contribution in [3.05, 3.63) is 145 Å². The van der Waals surface area contributed by atoms with Gasteiger partial charge in [-0.1, -0.05) is 109 Å². The van der Waals surface area contributed by atoms with Gasteiger partial charge in [0.25, 0.3) is 0 Å². The summed E-state index contributed by atoms with van der Waals surface area (Å²) in [5.74, 6) is 0. The molecule has 0 atom stereocenters. The molecule has 2 nitrogen and oxygen atoms in total. The highest BCUT2D eigenvalue weighted by molar-refractivity contribution is 6.15. The Morgan fingerprint density at radius 2 is 0.842 bits per heavy atom. The topological polar surface area (TPSA) is 9.86 Å². The van der Waals surface area contributed by atoms with Crippen molar-refractivity contribution in [1.29, 1.82) is 0 Å². The lowest BCUT2D eigenvalue weighted by Gasteiger charge is -2.14. The fourth-order valence-corrected chi connectivity index (χ4v) is 4.50. The molecule has 38 heavy (non-hydrogen) atoms. The fraction of sp³-hybridized carbons (Fsp3) is 0. The zero-order chi connectivity index (χ0) is 45.9. The zero-order valence-electron chi connectivity index (χ0n) is 42.9. The van der Waals surface area contributed by atoms with E-state index in [0.717, 1.165) is 9.13 Å². The van der Waals surface area contributed by atoms with Crippen LogP contribution in [0.5, 0.6) is 0 Å². The van der Waals surface area contributed by atoms with Gasteiger partial charge < -0.3 is 9.13 Å². The molecular weight excluding hydrogens is 460 g/mol. The molecule has 0 fully saturated rings. The molecule has 2 heterocycles. The summed E-state index contributed by atoms with van der Waals surface area (Å²) < 4.78 is 213. The van der Waals surface area contributed by atoms with Gasteiger partial charge in [0.1, 0.15) is 0 Å². The number of hydrogen-bond acceptors (Lipinski definition) is 0. The molecule has 178 valence electrons. The predicted molar refractivity (Wildman–Crippen MR) is 161 cm³/mol. The minimum absolute atomic E-state index is 0.467. The fourth-order valence-electron chi connectivity index (χ4n) is 4.50. The highest BCUT2D eigenvalue weighted by Gasteiger charge is 2.19. The Morgan fingerprint density at radius 1 is 0.368 bits per heavy atom. The van der Waals surface area contributed by atoms with Gasteiger partial charge >= 0.3 is 0 Å². The number of para-hydroxylation sites is 4. The lowest BCUT2D eigenvalue weighted by atomic mass is 10.1. The summed E-state index contributed by atoms with van der Waals surface area (Å²) in [5.41, 5.74) is -5.46. The van der Waals surface area contributed by atoms with Gasteiger partial charge in [0.15, 0.2) is 0 Å². The molecule has 2 heteroatoms. The maximum atomic E-state index is 9.40. The van der Waals surface area contributed by atoms with Crippen molar-refractivity contribution in [3.63, 3.8) is 0 Å². The van der Waals surface area contributed by atoms with E-state index < -0.39 is 211 Å². The maximum absolute atomic E-state index is 9.40. The quantitative estimate of drug-likeness (QED) is 0.225. The van der Waals surface area contributed by atoms with Crippen LogP contribution in [0.3, 0.4) is 0 Å². The molecule has 0 bridgehead atoms. The number of hydrogen-bond donors (Lipinski definition) is 0. The first-order valence-corrected chi connectivity index (χ1v) is 11.1. The van der Waals surface area contributed by atoms with Crippen LogP contribution >= 0.6 is 0 Å². The smallest absolute Gasteiger partial charge is 0.0782 e. The molecule has 0 saturated heterocycles. The van der Waals surface area contributed by atoms with Gasteiger partial charge in [-0.3, -0.25) is 0 Å². The molecule has 8 rings (SSSR count). The van der Waals surface area contributed by atoms with Gasteiger partial charge in [-0.05, 0) is 47.4 Å². The van der Waals surface area contributed by atoms with E-state index in [1.54, 1.807) is 0 Å². The first kappa shape index (κ1) is 8.21. The second kappa shape index (κ2) is 8.22. The highest BCUT2D eigenvalue weighted by atomic mass is 15.1. The summed E-state index contributed by atoms with van der Waals surface area (Å²) in [6.45, 7) is 0. The minimum atomic E-state index is -1.04. The molecule has 0 aliphatic rings. The van der Waals surface area contributed by atoms with Crippen LogP contribution in [0.15, 0.2) is 145 Å².